The number of hydrogen-bond donors (Lipinski definition) is 6. The molecule has 0 saturated heterocycles. The Morgan fingerprint density at radius 2 is 0.956 bits per heavy atom. The van der Waals surface area contributed by atoms with E-state index in [1.165, 1.54) is 24.8 Å². The highest BCUT2D eigenvalue weighted by atomic mass is 19.4. The number of ether oxygens (including phenoxy) is 2. The molecule has 6 aromatic rings. The van der Waals surface area contributed by atoms with Gasteiger partial charge in [-0.2, -0.15) is 26.3 Å². The molecular weight excluding hydrogens is 899 g/mol. The molecule has 0 aliphatic heterocycles. The molecule has 6 heterocycles. The van der Waals surface area contributed by atoms with Gasteiger partial charge in [0.1, 0.15) is 34.9 Å². The molecule has 0 bridgehead atoms. The Kier molecular flexibility index (Phi) is 14.8. The highest BCUT2D eigenvalue weighted by molar-refractivity contribution is 5.92. The van der Waals surface area contributed by atoms with Gasteiger partial charge in [-0.1, -0.05) is 12.8 Å². The summed E-state index contributed by atoms with van der Waals surface area (Å²) in [5.41, 5.74) is 12.2. The Morgan fingerprint density at radius 1 is 0.559 bits per heavy atom. The van der Waals surface area contributed by atoms with E-state index in [-0.39, 0.29) is 35.8 Å². The van der Waals surface area contributed by atoms with Crippen LogP contribution in [0.1, 0.15) is 114 Å². The molecule has 0 amide bonds. The molecule has 6 aromatic heterocycles. The molecule has 0 spiro atoms. The lowest BCUT2D eigenvalue weighted by Gasteiger charge is -2.24. The molecule has 2 fully saturated rings. The van der Waals surface area contributed by atoms with Crippen molar-refractivity contribution in [1.82, 2.24) is 39.9 Å². The molecule has 1 unspecified atom stereocenters. The second-order valence-corrected chi connectivity index (χ2v) is 18.3. The van der Waals surface area contributed by atoms with Crippen LogP contribution in [0.4, 0.5) is 49.6 Å². The SMILES string of the molecule is CC(C)(N)c1cnc(OCC(F)(F)F)c2cnc(Nc3ccnc(C4CCC[C@H](O)C4)n3)cc12.CC(C)(N)c1cnc(OCC(F)(F)F)c2cnc(Nc3ccnc([C@@H]4CCC[C@@H](O)C4)n3)cc12. The lowest BCUT2D eigenvalue weighted by Crippen LogP contribution is -2.29. The number of hydrogen-bond acceptors (Lipinski definition) is 16. The molecule has 2 saturated carbocycles. The van der Waals surface area contributed by atoms with Crippen molar-refractivity contribution in [3.05, 3.63) is 84.2 Å². The number of aliphatic hydroxyl groups is 2. The van der Waals surface area contributed by atoms with Gasteiger partial charge in [0, 0.05) is 60.1 Å². The predicted octanol–water partition coefficient (Wildman–Crippen LogP) is 8.63. The average molecular weight is 953 g/mol. The highest BCUT2D eigenvalue weighted by Gasteiger charge is 2.32. The first-order valence-corrected chi connectivity index (χ1v) is 22.1. The number of anilines is 4. The Hall–Kier alpha value is -6.10. The quantitative estimate of drug-likeness (QED) is 0.0629. The third-order valence-corrected chi connectivity index (χ3v) is 11.5. The lowest BCUT2D eigenvalue weighted by molar-refractivity contribution is -0.154. The zero-order valence-corrected chi connectivity index (χ0v) is 37.9. The summed E-state index contributed by atoms with van der Waals surface area (Å²) in [6, 6.07) is 6.78. The number of nitrogens with two attached hydrogens (primary N) is 2. The zero-order chi connectivity index (χ0) is 49.0. The smallest absolute Gasteiger partial charge is 0.422 e. The van der Waals surface area contributed by atoms with Crippen LogP contribution in [0.2, 0.25) is 0 Å². The topological polar surface area (TPSA) is 238 Å². The number of aromatic nitrogens is 8. The minimum atomic E-state index is -4.49. The Labute approximate surface area is 387 Å². The van der Waals surface area contributed by atoms with Crippen molar-refractivity contribution in [3.8, 4) is 11.8 Å². The number of rotatable bonds is 12. The minimum absolute atomic E-state index is 0.0825. The van der Waals surface area contributed by atoms with Crippen LogP contribution in [-0.4, -0.2) is 87.9 Å². The normalized spacial score (nSPS) is 19.3. The maximum atomic E-state index is 12.7. The molecule has 22 heteroatoms. The fourth-order valence-corrected chi connectivity index (χ4v) is 8.26. The van der Waals surface area contributed by atoms with E-state index >= 15 is 0 Å². The van der Waals surface area contributed by atoms with E-state index in [1.54, 1.807) is 64.4 Å². The van der Waals surface area contributed by atoms with E-state index in [9.17, 15) is 36.6 Å². The summed E-state index contributed by atoms with van der Waals surface area (Å²) in [4.78, 5) is 34.7. The second-order valence-electron chi connectivity index (χ2n) is 18.3. The van der Waals surface area contributed by atoms with Gasteiger partial charge in [0.05, 0.1) is 23.0 Å². The highest BCUT2D eigenvalue weighted by Crippen LogP contribution is 2.37. The zero-order valence-electron chi connectivity index (χ0n) is 37.9. The van der Waals surface area contributed by atoms with Crippen LogP contribution in [0.3, 0.4) is 0 Å². The Morgan fingerprint density at radius 3 is 1.31 bits per heavy atom. The van der Waals surface area contributed by atoms with Crippen molar-refractivity contribution < 1.29 is 46.0 Å². The average Bonchev–Trinajstić information content (AvgIpc) is 3.26. The van der Waals surface area contributed by atoms with E-state index in [2.05, 4.69) is 50.5 Å². The van der Waals surface area contributed by atoms with Crippen LogP contribution < -0.4 is 31.6 Å². The summed E-state index contributed by atoms with van der Waals surface area (Å²) in [5, 5.41) is 28.0. The minimum Gasteiger partial charge on any atom is -0.468 e. The third-order valence-electron chi connectivity index (χ3n) is 11.5. The van der Waals surface area contributed by atoms with Crippen LogP contribution in [0, 0.1) is 0 Å². The van der Waals surface area contributed by atoms with Gasteiger partial charge in [-0.25, -0.2) is 39.9 Å². The van der Waals surface area contributed by atoms with Crippen molar-refractivity contribution in [2.45, 2.75) is 127 Å². The molecule has 364 valence electrons. The predicted molar refractivity (Wildman–Crippen MR) is 242 cm³/mol. The van der Waals surface area contributed by atoms with Gasteiger partial charge >= 0.3 is 12.4 Å². The maximum Gasteiger partial charge on any atom is 0.422 e. The summed E-state index contributed by atoms with van der Waals surface area (Å²) in [5.74, 6) is 3.04. The van der Waals surface area contributed by atoms with Crippen molar-refractivity contribution in [2.24, 2.45) is 11.5 Å². The van der Waals surface area contributed by atoms with E-state index in [1.807, 2.05) is 0 Å². The maximum absolute atomic E-state index is 12.7. The van der Waals surface area contributed by atoms with Crippen LogP contribution >= 0.6 is 0 Å². The number of nitrogens with one attached hydrogen (secondary N) is 2. The molecule has 68 heavy (non-hydrogen) atoms. The summed E-state index contributed by atoms with van der Waals surface area (Å²) in [6.45, 7) is 4.20. The fraction of sp³-hybridized carbons (Fsp3) is 0.478. The number of fused-ring (bicyclic) bond motifs is 2. The van der Waals surface area contributed by atoms with Gasteiger partial charge in [-0.05, 0) is 112 Å². The van der Waals surface area contributed by atoms with Crippen molar-refractivity contribution in [2.75, 3.05) is 23.8 Å². The number of halogens is 6. The monoisotopic (exact) mass is 952 g/mol. The number of nitrogens with zero attached hydrogens (tertiary/aromatic N) is 8. The number of alkyl halides is 6. The van der Waals surface area contributed by atoms with Crippen LogP contribution in [0.15, 0.2) is 61.4 Å². The first kappa shape index (κ1) is 49.8. The van der Waals surface area contributed by atoms with Crippen LogP contribution in [0.25, 0.3) is 21.5 Å². The van der Waals surface area contributed by atoms with Gasteiger partial charge in [0.2, 0.25) is 11.8 Å². The first-order chi connectivity index (χ1) is 32.0. The summed E-state index contributed by atoms with van der Waals surface area (Å²) < 4.78 is 85.9. The molecule has 2 aliphatic rings. The first-order valence-electron chi connectivity index (χ1n) is 22.1. The molecule has 0 radical (unpaired) electrons. The second kappa shape index (κ2) is 20.2. The van der Waals surface area contributed by atoms with E-state index in [4.69, 9.17) is 20.9 Å². The molecule has 8 N–H and O–H groups in total. The molecular formula is C46H54F6N12O4. The summed E-state index contributed by atoms with van der Waals surface area (Å²) in [7, 11) is 0. The largest absolute Gasteiger partial charge is 0.468 e. The standard InChI is InChI=1S/2C23H27F3N6O2/c2*1-22(2,27)17-11-30-21(34-12-23(24,25)26)16-10-29-19(9-15(16)17)31-18-6-7-28-20(32-18)13-4-3-5-14(33)8-13/h2*6-7,9-11,13-14,33H,3-5,8,12,27H2,1-2H3,(H,28,29,31,32)/t13?,14-;13-,14-/m01/s1. The fourth-order valence-electron chi connectivity index (χ4n) is 8.26. The van der Waals surface area contributed by atoms with E-state index in [0.717, 1.165) is 38.5 Å². The molecule has 4 atom stereocenters. The molecule has 2 aliphatic carbocycles. The van der Waals surface area contributed by atoms with Gasteiger partial charge in [-0.15, -0.1) is 0 Å². The third kappa shape index (κ3) is 13.1. The number of aliphatic hydroxyl groups excluding tert-OH is 2. The molecule has 0 aromatic carbocycles. The van der Waals surface area contributed by atoms with Gasteiger partial charge < -0.3 is 41.8 Å². The molecule has 16 nitrogen and oxygen atoms in total. The van der Waals surface area contributed by atoms with Gasteiger partial charge in [-0.3, -0.25) is 0 Å². The summed E-state index contributed by atoms with van der Waals surface area (Å²) in [6.07, 6.45) is 5.78. The van der Waals surface area contributed by atoms with E-state index < -0.39 is 36.6 Å². The van der Waals surface area contributed by atoms with Crippen LogP contribution in [-0.2, 0) is 11.1 Å². The lowest BCUT2D eigenvalue weighted by atomic mass is 9.87. The molecule has 8 rings (SSSR count). The Bertz CT molecular complexity index is 2510. The van der Waals surface area contributed by atoms with Crippen molar-refractivity contribution in [3.63, 3.8) is 0 Å². The number of pyridine rings is 4. The van der Waals surface area contributed by atoms with Crippen molar-refractivity contribution >= 4 is 44.8 Å². The van der Waals surface area contributed by atoms with Gasteiger partial charge in [0.25, 0.3) is 0 Å². The van der Waals surface area contributed by atoms with Gasteiger partial charge in [0.15, 0.2) is 13.2 Å². The van der Waals surface area contributed by atoms with Crippen molar-refractivity contribution in [1.29, 1.82) is 0 Å². The van der Waals surface area contributed by atoms with E-state index in [0.29, 0.717) is 80.4 Å². The van der Waals surface area contributed by atoms with Crippen LogP contribution in [0.5, 0.6) is 11.8 Å². The summed E-state index contributed by atoms with van der Waals surface area (Å²) >= 11 is 0. The Balaban J connectivity index is 0.000000201.